The van der Waals surface area contributed by atoms with Crippen LogP contribution in [0.3, 0.4) is 0 Å². The first-order valence-corrected chi connectivity index (χ1v) is 6.09. The second-order valence-corrected chi connectivity index (χ2v) is 4.17. The van der Waals surface area contributed by atoms with E-state index in [2.05, 4.69) is 10.3 Å². The molecule has 0 unspecified atom stereocenters. The average Bonchev–Trinajstić information content (AvgIpc) is 2.48. The lowest BCUT2D eigenvalue weighted by Gasteiger charge is -2.07. The molecule has 2 rings (SSSR count). The number of amides is 1. The summed E-state index contributed by atoms with van der Waals surface area (Å²) in [6.07, 6.45) is 2.74. The monoisotopic (exact) mass is 273 g/mol. The minimum atomic E-state index is -0.250. The Balaban J connectivity index is 1.89. The Hall–Kier alpha value is -2.63. The summed E-state index contributed by atoms with van der Waals surface area (Å²) < 4.78 is 6.31. The smallest absolute Gasteiger partial charge is 0.253 e. The molecule has 6 heteroatoms. The van der Waals surface area contributed by atoms with Gasteiger partial charge in [-0.2, -0.15) is 0 Å². The summed E-state index contributed by atoms with van der Waals surface area (Å²) in [6, 6.07) is 8.71. The number of ether oxygens (including phenoxy) is 1. The Bertz CT molecular complexity index is 635. The Morgan fingerprint density at radius 1 is 1.30 bits per heavy atom. The van der Waals surface area contributed by atoms with Crippen LogP contribution in [-0.2, 0) is 17.9 Å². The zero-order valence-corrected chi connectivity index (χ0v) is 11.1. The number of carbonyl (C=O) groups is 1. The van der Waals surface area contributed by atoms with Gasteiger partial charge in [-0.15, -0.1) is 0 Å². The first-order chi connectivity index (χ1) is 9.69. The highest BCUT2D eigenvalue weighted by Gasteiger charge is 2.04. The third kappa shape index (κ3) is 3.68. The van der Waals surface area contributed by atoms with Crippen LogP contribution in [0.2, 0.25) is 0 Å². The molecular weight excluding hydrogens is 258 g/mol. The highest BCUT2D eigenvalue weighted by Crippen LogP contribution is 2.10. The highest BCUT2D eigenvalue weighted by molar-refractivity contribution is 5.75. The van der Waals surface area contributed by atoms with Crippen molar-refractivity contribution in [3.8, 4) is 5.75 Å². The molecule has 1 heterocycles. The number of aromatic nitrogens is 2. The summed E-state index contributed by atoms with van der Waals surface area (Å²) in [5.41, 5.74) is 0.706. The maximum atomic E-state index is 11.7. The number of carbonyl (C=O) groups excluding carboxylic acids is 1. The lowest BCUT2D eigenvalue weighted by atomic mass is 10.2. The SMILES string of the molecule is COc1ccc(CNC(=O)Cn2cnccc2=O)cc1. The number of rotatable bonds is 5. The maximum absolute atomic E-state index is 11.7. The summed E-state index contributed by atoms with van der Waals surface area (Å²) in [5, 5.41) is 2.74. The summed E-state index contributed by atoms with van der Waals surface area (Å²) >= 11 is 0. The maximum Gasteiger partial charge on any atom is 0.253 e. The molecule has 104 valence electrons. The standard InChI is InChI=1S/C14H15N3O3/c1-20-12-4-2-11(3-5-12)8-16-13(18)9-17-10-15-7-6-14(17)19/h2-7,10H,8-9H2,1H3,(H,16,18). The van der Waals surface area contributed by atoms with Crippen molar-refractivity contribution < 1.29 is 9.53 Å². The molecule has 0 aliphatic carbocycles. The van der Waals surface area contributed by atoms with Crippen LogP contribution in [0.4, 0.5) is 0 Å². The van der Waals surface area contributed by atoms with E-state index in [9.17, 15) is 9.59 Å². The van der Waals surface area contributed by atoms with Gasteiger partial charge < -0.3 is 10.1 Å². The fourth-order valence-electron chi connectivity index (χ4n) is 1.65. The van der Waals surface area contributed by atoms with E-state index in [1.165, 1.54) is 23.2 Å². The molecule has 1 aromatic heterocycles. The normalized spacial score (nSPS) is 10.1. The largest absolute Gasteiger partial charge is 0.497 e. The summed E-state index contributed by atoms with van der Waals surface area (Å²) in [4.78, 5) is 27.0. The number of methoxy groups -OCH3 is 1. The number of hydrogen-bond acceptors (Lipinski definition) is 4. The van der Waals surface area contributed by atoms with Gasteiger partial charge in [-0.05, 0) is 17.7 Å². The molecule has 0 fully saturated rings. The van der Waals surface area contributed by atoms with Crippen LogP contribution in [0, 0.1) is 0 Å². The highest BCUT2D eigenvalue weighted by atomic mass is 16.5. The molecule has 0 atom stereocenters. The Labute approximate surface area is 116 Å². The van der Waals surface area contributed by atoms with Gasteiger partial charge in [0.1, 0.15) is 12.3 Å². The topological polar surface area (TPSA) is 73.2 Å². The molecule has 0 saturated heterocycles. The van der Waals surface area contributed by atoms with Crippen molar-refractivity contribution in [1.82, 2.24) is 14.9 Å². The molecule has 0 aliphatic heterocycles. The van der Waals surface area contributed by atoms with Gasteiger partial charge in [0.15, 0.2) is 0 Å². The van der Waals surface area contributed by atoms with Crippen molar-refractivity contribution in [2.75, 3.05) is 7.11 Å². The van der Waals surface area contributed by atoms with Crippen molar-refractivity contribution in [1.29, 1.82) is 0 Å². The van der Waals surface area contributed by atoms with E-state index in [0.717, 1.165) is 11.3 Å². The Morgan fingerprint density at radius 3 is 2.70 bits per heavy atom. The van der Waals surface area contributed by atoms with E-state index in [-0.39, 0.29) is 18.0 Å². The first kappa shape index (κ1) is 13.8. The lowest BCUT2D eigenvalue weighted by Crippen LogP contribution is -2.31. The van der Waals surface area contributed by atoms with E-state index in [1.54, 1.807) is 7.11 Å². The number of hydrogen-bond donors (Lipinski definition) is 1. The van der Waals surface area contributed by atoms with Gasteiger partial charge in [0, 0.05) is 18.8 Å². The fourth-order valence-corrected chi connectivity index (χ4v) is 1.65. The molecular formula is C14H15N3O3. The van der Waals surface area contributed by atoms with Crippen molar-refractivity contribution >= 4 is 5.91 Å². The van der Waals surface area contributed by atoms with Crippen LogP contribution in [0.1, 0.15) is 5.56 Å². The zero-order chi connectivity index (χ0) is 14.4. The molecule has 0 radical (unpaired) electrons. The van der Waals surface area contributed by atoms with Gasteiger partial charge in [-0.25, -0.2) is 4.98 Å². The van der Waals surface area contributed by atoms with Crippen molar-refractivity contribution in [2.24, 2.45) is 0 Å². The molecule has 0 spiro atoms. The fraction of sp³-hybridized carbons (Fsp3) is 0.214. The quantitative estimate of drug-likeness (QED) is 0.864. The molecule has 1 amide bonds. The van der Waals surface area contributed by atoms with Crippen molar-refractivity contribution in [3.63, 3.8) is 0 Å². The molecule has 0 aliphatic rings. The molecule has 0 saturated carbocycles. The van der Waals surface area contributed by atoms with Crippen LogP contribution in [-0.4, -0.2) is 22.6 Å². The van der Waals surface area contributed by atoms with Gasteiger partial charge >= 0.3 is 0 Å². The predicted octanol–water partition coefficient (Wildman–Crippen LogP) is 0.568. The molecule has 6 nitrogen and oxygen atoms in total. The second kappa shape index (κ2) is 6.51. The van der Waals surface area contributed by atoms with Crippen molar-refractivity contribution in [3.05, 3.63) is 58.8 Å². The minimum Gasteiger partial charge on any atom is -0.497 e. The van der Waals surface area contributed by atoms with E-state index >= 15 is 0 Å². The van der Waals surface area contributed by atoms with Crippen LogP contribution in [0.5, 0.6) is 5.75 Å². The van der Waals surface area contributed by atoms with Crippen molar-refractivity contribution in [2.45, 2.75) is 13.1 Å². The van der Waals surface area contributed by atoms with Gasteiger partial charge in [-0.3, -0.25) is 14.2 Å². The minimum absolute atomic E-state index is 0.0389. The average molecular weight is 273 g/mol. The molecule has 1 aromatic carbocycles. The van der Waals surface area contributed by atoms with Crippen LogP contribution >= 0.6 is 0 Å². The Morgan fingerprint density at radius 2 is 2.05 bits per heavy atom. The molecule has 20 heavy (non-hydrogen) atoms. The summed E-state index contributed by atoms with van der Waals surface area (Å²) in [5.74, 6) is 0.526. The summed E-state index contributed by atoms with van der Waals surface area (Å²) in [7, 11) is 1.60. The van der Waals surface area contributed by atoms with Gasteiger partial charge in [0.2, 0.25) is 5.91 Å². The van der Waals surface area contributed by atoms with E-state index < -0.39 is 0 Å². The predicted molar refractivity (Wildman–Crippen MR) is 73.3 cm³/mol. The Kier molecular flexibility index (Phi) is 4.49. The first-order valence-electron chi connectivity index (χ1n) is 6.09. The van der Waals surface area contributed by atoms with Crippen LogP contribution in [0.15, 0.2) is 47.7 Å². The lowest BCUT2D eigenvalue weighted by molar-refractivity contribution is -0.121. The van der Waals surface area contributed by atoms with Crippen LogP contribution < -0.4 is 15.6 Å². The van der Waals surface area contributed by atoms with E-state index in [0.29, 0.717) is 6.54 Å². The zero-order valence-electron chi connectivity index (χ0n) is 11.1. The van der Waals surface area contributed by atoms with Gasteiger partial charge in [-0.1, -0.05) is 12.1 Å². The third-order valence-electron chi connectivity index (χ3n) is 2.75. The summed E-state index contributed by atoms with van der Waals surface area (Å²) in [6.45, 7) is 0.362. The van der Waals surface area contributed by atoms with Gasteiger partial charge in [0.05, 0.1) is 13.4 Å². The molecule has 0 bridgehead atoms. The van der Waals surface area contributed by atoms with E-state index in [1.807, 2.05) is 24.3 Å². The van der Waals surface area contributed by atoms with Crippen LogP contribution in [0.25, 0.3) is 0 Å². The second-order valence-electron chi connectivity index (χ2n) is 4.17. The third-order valence-corrected chi connectivity index (χ3v) is 2.75. The van der Waals surface area contributed by atoms with Gasteiger partial charge in [0.25, 0.3) is 5.56 Å². The van der Waals surface area contributed by atoms with E-state index in [4.69, 9.17) is 4.74 Å². The number of benzene rings is 1. The number of nitrogens with one attached hydrogen (secondary N) is 1. The number of nitrogens with zero attached hydrogens (tertiary/aromatic N) is 2. The molecule has 2 aromatic rings. The molecule has 1 N–H and O–H groups in total.